The first-order chi connectivity index (χ1) is 11.7. The molecule has 0 spiro atoms. The molecule has 0 atom stereocenters. The van der Waals surface area contributed by atoms with E-state index in [1.807, 2.05) is 18.4 Å². The molecule has 0 aliphatic carbocycles. The minimum Gasteiger partial charge on any atom is -0.486 e. The molecular formula is C18H16O5S. The summed E-state index contributed by atoms with van der Waals surface area (Å²) in [6, 6.07) is 12.1. The number of carbonyl (C=O) groups excluding carboxylic acids is 2. The molecule has 0 aromatic heterocycles. The van der Waals surface area contributed by atoms with Gasteiger partial charge in [-0.15, -0.1) is 11.8 Å². The predicted octanol–water partition coefficient (Wildman–Crippen LogP) is 3.22. The van der Waals surface area contributed by atoms with Crippen molar-refractivity contribution in [3.8, 4) is 11.5 Å². The number of esters is 1. The van der Waals surface area contributed by atoms with Crippen molar-refractivity contribution in [3.63, 3.8) is 0 Å². The molecule has 1 aliphatic rings. The van der Waals surface area contributed by atoms with Crippen LogP contribution in [-0.2, 0) is 4.74 Å². The van der Waals surface area contributed by atoms with Crippen LogP contribution in [0.5, 0.6) is 11.5 Å². The third-order valence-corrected chi connectivity index (χ3v) is 4.32. The molecule has 5 nitrogen and oxygen atoms in total. The Kier molecular flexibility index (Phi) is 5.05. The minimum atomic E-state index is -0.508. The second-order valence-electron chi connectivity index (χ2n) is 5.06. The predicted molar refractivity (Wildman–Crippen MR) is 90.3 cm³/mol. The molecule has 124 valence electrons. The molecule has 2 aromatic rings. The molecule has 3 rings (SSSR count). The van der Waals surface area contributed by atoms with E-state index >= 15 is 0 Å². The average molecular weight is 344 g/mol. The molecule has 6 heteroatoms. The maximum absolute atomic E-state index is 12.2. The van der Waals surface area contributed by atoms with E-state index in [1.165, 1.54) is 11.8 Å². The fourth-order valence-electron chi connectivity index (χ4n) is 2.32. The molecular weight excluding hydrogens is 328 g/mol. The lowest BCUT2D eigenvalue weighted by molar-refractivity contribution is 0.0471. The van der Waals surface area contributed by atoms with Gasteiger partial charge in [-0.3, -0.25) is 4.79 Å². The number of ether oxygens (including phenoxy) is 3. The molecule has 24 heavy (non-hydrogen) atoms. The van der Waals surface area contributed by atoms with Crippen molar-refractivity contribution >= 4 is 23.5 Å². The summed E-state index contributed by atoms with van der Waals surface area (Å²) in [5.74, 6) is 0.350. The molecule has 0 bridgehead atoms. The highest BCUT2D eigenvalue weighted by Crippen LogP contribution is 2.30. The molecule has 0 saturated carbocycles. The highest BCUT2D eigenvalue weighted by Gasteiger charge is 2.17. The van der Waals surface area contributed by atoms with Crippen molar-refractivity contribution in [3.05, 3.63) is 53.6 Å². The number of hydrogen-bond donors (Lipinski definition) is 0. The van der Waals surface area contributed by atoms with Crippen LogP contribution in [0.2, 0.25) is 0 Å². The number of carbonyl (C=O) groups is 2. The Morgan fingerprint density at radius 2 is 1.83 bits per heavy atom. The van der Waals surface area contributed by atoms with Gasteiger partial charge < -0.3 is 14.2 Å². The van der Waals surface area contributed by atoms with Crippen LogP contribution in [-0.4, -0.2) is 37.8 Å². The Bertz CT molecular complexity index is 772. The largest absolute Gasteiger partial charge is 0.486 e. The van der Waals surface area contributed by atoms with Gasteiger partial charge in [0.05, 0.1) is 5.56 Å². The van der Waals surface area contributed by atoms with Gasteiger partial charge in [0.25, 0.3) is 0 Å². The maximum atomic E-state index is 12.2. The van der Waals surface area contributed by atoms with Gasteiger partial charge in [0.2, 0.25) is 0 Å². The molecule has 0 N–H and O–H groups in total. The van der Waals surface area contributed by atoms with Crippen LogP contribution in [0.3, 0.4) is 0 Å². The lowest BCUT2D eigenvalue weighted by atomic mass is 10.1. The van der Waals surface area contributed by atoms with Gasteiger partial charge in [-0.1, -0.05) is 12.1 Å². The summed E-state index contributed by atoms with van der Waals surface area (Å²) in [5.41, 5.74) is 0.880. The summed E-state index contributed by atoms with van der Waals surface area (Å²) in [6.45, 7) is 0.624. The van der Waals surface area contributed by atoms with E-state index in [0.29, 0.717) is 35.8 Å². The van der Waals surface area contributed by atoms with Crippen molar-refractivity contribution in [2.75, 3.05) is 26.1 Å². The van der Waals surface area contributed by atoms with Gasteiger partial charge in [-0.25, -0.2) is 4.79 Å². The molecule has 0 saturated heterocycles. The van der Waals surface area contributed by atoms with Gasteiger partial charge in [0.1, 0.15) is 13.2 Å². The number of hydrogen-bond acceptors (Lipinski definition) is 6. The Morgan fingerprint density at radius 1 is 1.08 bits per heavy atom. The highest BCUT2D eigenvalue weighted by molar-refractivity contribution is 7.98. The van der Waals surface area contributed by atoms with Crippen molar-refractivity contribution in [2.24, 2.45) is 0 Å². The first-order valence-electron chi connectivity index (χ1n) is 7.42. The van der Waals surface area contributed by atoms with Crippen LogP contribution in [0.15, 0.2) is 47.4 Å². The van der Waals surface area contributed by atoms with Gasteiger partial charge >= 0.3 is 5.97 Å². The van der Waals surface area contributed by atoms with Crippen LogP contribution in [0, 0.1) is 0 Å². The second kappa shape index (κ2) is 7.40. The van der Waals surface area contributed by atoms with E-state index in [4.69, 9.17) is 14.2 Å². The third-order valence-electron chi connectivity index (χ3n) is 3.53. The Hall–Kier alpha value is -2.47. The van der Waals surface area contributed by atoms with Gasteiger partial charge in [-0.05, 0) is 36.6 Å². The highest BCUT2D eigenvalue weighted by atomic mass is 32.2. The molecule has 0 radical (unpaired) electrons. The fraction of sp³-hybridized carbons (Fsp3) is 0.222. The van der Waals surface area contributed by atoms with Crippen LogP contribution >= 0.6 is 11.8 Å². The summed E-state index contributed by atoms with van der Waals surface area (Å²) in [4.78, 5) is 25.2. The van der Waals surface area contributed by atoms with Gasteiger partial charge in [-0.2, -0.15) is 0 Å². The van der Waals surface area contributed by atoms with E-state index in [9.17, 15) is 9.59 Å². The van der Waals surface area contributed by atoms with Crippen molar-refractivity contribution in [1.29, 1.82) is 0 Å². The summed E-state index contributed by atoms with van der Waals surface area (Å²) in [5, 5.41) is 0. The van der Waals surface area contributed by atoms with Gasteiger partial charge in [0.15, 0.2) is 23.9 Å². The summed E-state index contributed by atoms with van der Waals surface area (Å²) < 4.78 is 16.0. The van der Waals surface area contributed by atoms with Gasteiger partial charge in [0, 0.05) is 10.5 Å². The van der Waals surface area contributed by atoms with Crippen molar-refractivity contribution in [1.82, 2.24) is 0 Å². The Morgan fingerprint density at radius 3 is 2.62 bits per heavy atom. The topological polar surface area (TPSA) is 61.8 Å². The fourth-order valence-corrected chi connectivity index (χ4v) is 2.91. The summed E-state index contributed by atoms with van der Waals surface area (Å²) in [6.07, 6.45) is 1.88. The smallest absolute Gasteiger partial charge is 0.339 e. The standard InChI is InChI=1S/C18H16O5S/c1-24-17-5-3-2-4-13(17)18(20)23-11-14(19)12-6-7-15-16(10-12)22-9-8-21-15/h2-7,10H,8-9,11H2,1H3. The number of fused-ring (bicyclic) bond motifs is 1. The first kappa shape index (κ1) is 16.4. The zero-order chi connectivity index (χ0) is 16.9. The van der Waals surface area contributed by atoms with E-state index in [1.54, 1.807) is 30.3 Å². The number of benzene rings is 2. The van der Waals surface area contributed by atoms with E-state index in [2.05, 4.69) is 0 Å². The number of rotatable bonds is 5. The molecule has 2 aromatic carbocycles. The normalized spacial score (nSPS) is 12.5. The summed E-state index contributed by atoms with van der Waals surface area (Å²) in [7, 11) is 0. The van der Waals surface area contributed by atoms with Crippen molar-refractivity contribution in [2.45, 2.75) is 4.90 Å². The number of ketones is 1. The molecule has 1 heterocycles. The average Bonchev–Trinajstić information content (AvgIpc) is 2.65. The number of thioether (sulfide) groups is 1. The van der Waals surface area contributed by atoms with E-state index in [0.717, 1.165) is 4.90 Å². The zero-order valence-electron chi connectivity index (χ0n) is 13.1. The number of Topliss-reactive ketones (excluding diaryl/α,β-unsaturated/α-hetero) is 1. The Balaban J connectivity index is 1.66. The lowest BCUT2D eigenvalue weighted by Crippen LogP contribution is -2.17. The van der Waals surface area contributed by atoms with Crippen LogP contribution < -0.4 is 9.47 Å². The Labute approximate surface area is 143 Å². The van der Waals surface area contributed by atoms with E-state index in [-0.39, 0.29) is 12.4 Å². The third kappa shape index (κ3) is 3.54. The zero-order valence-corrected chi connectivity index (χ0v) is 13.9. The van der Waals surface area contributed by atoms with Crippen LogP contribution in [0.4, 0.5) is 0 Å². The SMILES string of the molecule is CSc1ccccc1C(=O)OCC(=O)c1ccc2c(c1)OCCO2. The molecule has 0 fully saturated rings. The second-order valence-corrected chi connectivity index (χ2v) is 5.91. The molecule has 1 aliphatic heterocycles. The minimum absolute atomic E-state index is 0.290. The van der Waals surface area contributed by atoms with E-state index < -0.39 is 5.97 Å². The molecule has 0 amide bonds. The quantitative estimate of drug-likeness (QED) is 0.471. The molecule has 0 unspecified atom stereocenters. The van der Waals surface area contributed by atoms with Crippen LogP contribution in [0.1, 0.15) is 20.7 Å². The van der Waals surface area contributed by atoms with Crippen LogP contribution in [0.25, 0.3) is 0 Å². The van der Waals surface area contributed by atoms with Crippen molar-refractivity contribution < 1.29 is 23.8 Å². The maximum Gasteiger partial charge on any atom is 0.339 e. The summed E-state index contributed by atoms with van der Waals surface area (Å²) >= 11 is 1.45. The monoisotopic (exact) mass is 344 g/mol. The first-order valence-corrected chi connectivity index (χ1v) is 8.64. The lowest BCUT2D eigenvalue weighted by Gasteiger charge is -2.18.